The van der Waals surface area contributed by atoms with Gasteiger partial charge in [0.15, 0.2) is 11.5 Å². The molecule has 4 fully saturated rings. The number of fused-ring (bicyclic) bond motifs is 2. The van der Waals surface area contributed by atoms with E-state index in [-0.39, 0.29) is 29.2 Å². The minimum Gasteiger partial charge on any atom is -0.503 e. The largest absolute Gasteiger partial charge is 0.503 e. The van der Waals surface area contributed by atoms with Crippen molar-refractivity contribution in [3.05, 3.63) is 17.7 Å². The first-order chi connectivity index (χ1) is 13.5. The number of anilines is 1. The molecule has 4 aliphatic heterocycles. The zero-order valence-corrected chi connectivity index (χ0v) is 16.7. The smallest absolute Gasteiger partial charge is 0.224 e. The molecule has 0 radical (unpaired) electrons. The maximum absolute atomic E-state index is 13.0. The summed E-state index contributed by atoms with van der Waals surface area (Å²) in [7, 11) is 1.56. The van der Waals surface area contributed by atoms with Crippen LogP contribution in [0.5, 0.6) is 11.5 Å². The standard InChI is InChI=1S/C22H28N2O4/c1-11-14-9-23-7-6-22-16-4-5-17(27-3)20(26)19(16)24(12(2)25)21(22)15(10-28-11)13(14)8-18(22)23/h4-5,11,13-15,18,21,26H,6-10H2,1-3H3/t11-,13+,14+,15-,18+,21+,22-/m1/s1. The minimum atomic E-state index is -0.110. The number of hydrogen-bond donors (Lipinski definition) is 1. The molecule has 7 atom stereocenters. The second-order valence-electron chi connectivity index (χ2n) is 9.41. The fourth-order valence-corrected chi connectivity index (χ4v) is 7.68. The second-order valence-corrected chi connectivity index (χ2v) is 9.41. The molecule has 6 nitrogen and oxygen atoms in total. The number of aromatic hydroxyl groups is 1. The average Bonchev–Trinajstić information content (AvgIpc) is 3.21. The zero-order chi connectivity index (χ0) is 19.4. The van der Waals surface area contributed by atoms with E-state index in [0.29, 0.717) is 41.8 Å². The third kappa shape index (κ3) is 1.75. The molecule has 28 heavy (non-hydrogen) atoms. The van der Waals surface area contributed by atoms with Crippen LogP contribution in [0.25, 0.3) is 0 Å². The van der Waals surface area contributed by atoms with Crippen LogP contribution in [0.2, 0.25) is 0 Å². The number of methoxy groups -OCH3 is 1. The van der Waals surface area contributed by atoms with Gasteiger partial charge in [0.2, 0.25) is 5.91 Å². The molecule has 4 heterocycles. The maximum Gasteiger partial charge on any atom is 0.224 e. The fourth-order valence-electron chi connectivity index (χ4n) is 7.68. The first kappa shape index (κ1) is 17.1. The van der Waals surface area contributed by atoms with Crippen LogP contribution in [-0.4, -0.2) is 60.9 Å². The lowest BCUT2D eigenvalue weighted by atomic mass is 9.53. The number of phenols is 1. The SMILES string of the molecule is COc1ccc2c(c1O)N(C(C)=O)[C@H]1[C@@H]3CO[C@H](C)[C@@H]4CN5CC[C@]21[C@@H]5C[C@H]34. The lowest BCUT2D eigenvalue weighted by Crippen LogP contribution is -2.69. The molecule has 5 aliphatic rings. The van der Waals surface area contributed by atoms with E-state index < -0.39 is 0 Å². The highest BCUT2D eigenvalue weighted by molar-refractivity contribution is 5.98. The summed E-state index contributed by atoms with van der Waals surface area (Å²) in [6.45, 7) is 6.70. The molecule has 0 unspecified atom stereocenters. The maximum atomic E-state index is 13.0. The van der Waals surface area contributed by atoms with E-state index in [2.05, 4.69) is 17.9 Å². The Morgan fingerprint density at radius 3 is 2.89 bits per heavy atom. The Kier molecular flexibility index (Phi) is 3.31. The predicted molar refractivity (Wildman–Crippen MR) is 104 cm³/mol. The molecule has 3 saturated heterocycles. The van der Waals surface area contributed by atoms with E-state index in [1.54, 1.807) is 14.0 Å². The molecule has 1 aliphatic carbocycles. The van der Waals surface area contributed by atoms with E-state index in [1.807, 2.05) is 11.0 Å². The topological polar surface area (TPSA) is 62.2 Å². The van der Waals surface area contributed by atoms with Crippen molar-refractivity contribution in [2.75, 3.05) is 31.7 Å². The molecular formula is C22H28N2O4. The molecular weight excluding hydrogens is 356 g/mol. The van der Waals surface area contributed by atoms with Crippen LogP contribution in [0.15, 0.2) is 12.1 Å². The molecule has 2 bridgehead atoms. The number of carbonyl (C=O) groups is 1. The summed E-state index contributed by atoms with van der Waals surface area (Å²) in [5.41, 5.74) is 1.70. The van der Waals surface area contributed by atoms with Crippen LogP contribution in [-0.2, 0) is 14.9 Å². The van der Waals surface area contributed by atoms with Crippen LogP contribution < -0.4 is 9.64 Å². The van der Waals surface area contributed by atoms with Crippen molar-refractivity contribution in [1.82, 2.24) is 4.90 Å². The molecule has 6 rings (SSSR count). The average molecular weight is 384 g/mol. The van der Waals surface area contributed by atoms with E-state index >= 15 is 0 Å². The summed E-state index contributed by atoms with van der Waals surface area (Å²) >= 11 is 0. The van der Waals surface area contributed by atoms with E-state index in [1.165, 1.54) is 6.42 Å². The van der Waals surface area contributed by atoms with Gasteiger partial charge in [-0.15, -0.1) is 0 Å². The molecule has 0 aromatic heterocycles. The van der Waals surface area contributed by atoms with Gasteiger partial charge >= 0.3 is 0 Å². The number of rotatable bonds is 1. The van der Waals surface area contributed by atoms with Crippen molar-refractivity contribution < 1.29 is 19.4 Å². The van der Waals surface area contributed by atoms with E-state index in [4.69, 9.17) is 9.47 Å². The first-order valence-electron chi connectivity index (χ1n) is 10.5. The van der Waals surface area contributed by atoms with Crippen molar-refractivity contribution in [2.24, 2.45) is 17.8 Å². The highest BCUT2D eigenvalue weighted by Crippen LogP contribution is 2.66. The number of ether oxygens (including phenoxy) is 2. The third-order valence-corrected chi connectivity index (χ3v) is 8.67. The molecule has 6 heteroatoms. The zero-order valence-electron chi connectivity index (χ0n) is 16.7. The number of carbonyl (C=O) groups excluding carboxylic acids is 1. The molecule has 150 valence electrons. The van der Waals surface area contributed by atoms with Gasteiger partial charge in [0.05, 0.1) is 31.5 Å². The Balaban J connectivity index is 1.61. The Hall–Kier alpha value is -1.79. The number of nitrogens with zero attached hydrogens (tertiary/aromatic N) is 2. The second kappa shape index (κ2) is 5.42. The van der Waals surface area contributed by atoms with Gasteiger partial charge in [-0.1, -0.05) is 6.07 Å². The van der Waals surface area contributed by atoms with Crippen molar-refractivity contribution >= 4 is 11.6 Å². The van der Waals surface area contributed by atoms with E-state index in [0.717, 1.165) is 25.1 Å². The Morgan fingerprint density at radius 2 is 2.14 bits per heavy atom. The molecule has 1 N–H and O–H groups in total. The van der Waals surface area contributed by atoms with Crippen molar-refractivity contribution in [1.29, 1.82) is 0 Å². The Morgan fingerprint density at radius 1 is 1.32 bits per heavy atom. The van der Waals surface area contributed by atoms with Crippen LogP contribution in [0, 0.1) is 17.8 Å². The van der Waals surface area contributed by atoms with Gasteiger partial charge in [-0.05, 0) is 43.9 Å². The summed E-state index contributed by atoms with van der Waals surface area (Å²) in [5, 5.41) is 11.0. The number of benzene rings is 1. The van der Waals surface area contributed by atoms with E-state index in [9.17, 15) is 9.90 Å². The van der Waals surface area contributed by atoms with Gasteiger partial charge < -0.3 is 19.5 Å². The van der Waals surface area contributed by atoms with Crippen molar-refractivity contribution in [3.8, 4) is 11.5 Å². The Labute approximate surface area is 165 Å². The molecule has 1 amide bonds. The summed E-state index contributed by atoms with van der Waals surface area (Å²) in [5.74, 6) is 1.98. The Bertz CT molecular complexity index is 872. The number of phenolic OH excluding ortho intramolecular Hbond substituents is 1. The third-order valence-electron chi connectivity index (χ3n) is 8.67. The summed E-state index contributed by atoms with van der Waals surface area (Å²) < 4.78 is 11.6. The highest BCUT2D eigenvalue weighted by atomic mass is 16.5. The van der Waals surface area contributed by atoms with Gasteiger partial charge in [0.1, 0.15) is 0 Å². The molecule has 1 saturated carbocycles. The van der Waals surface area contributed by atoms with Gasteiger partial charge in [0, 0.05) is 36.8 Å². The summed E-state index contributed by atoms with van der Waals surface area (Å²) in [4.78, 5) is 17.5. The number of piperidine rings is 1. The van der Waals surface area contributed by atoms with Crippen LogP contribution in [0.3, 0.4) is 0 Å². The molecule has 1 spiro atoms. The lowest BCUT2D eigenvalue weighted by molar-refractivity contribution is -0.153. The fraction of sp³-hybridized carbons (Fsp3) is 0.682. The molecule has 1 aromatic rings. The van der Waals surface area contributed by atoms with Gasteiger partial charge in [0.25, 0.3) is 0 Å². The molecule has 1 aromatic carbocycles. The van der Waals surface area contributed by atoms with Crippen LogP contribution >= 0.6 is 0 Å². The van der Waals surface area contributed by atoms with Crippen molar-refractivity contribution in [2.45, 2.75) is 50.3 Å². The lowest BCUT2D eigenvalue weighted by Gasteiger charge is -2.60. The number of hydrogen-bond acceptors (Lipinski definition) is 5. The van der Waals surface area contributed by atoms with Crippen LogP contribution in [0.4, 0.5) is 5.69 Å². The van der Waals surface area contributed by atoms with Gasteiger partial charge in [-0.25, -0.2) is 0 Å². The predicted octanol–water partition coefficient (Wildman–Crippen LogP) is 2.13. The monoisotopic (exact) mass is 384 g/mol. The van der Waals surface area contributed by atoms with Crippen LogP contribution in [0.1, 0.15) is 32.3 Å². The minimum absolute atomic E-state index is 0.000253. The number of amides is 1. The summed E-state index contributed by atoms with van der Waals surface area (Å²) in [6.07, 6.45) is 2.49. The highest BCUT2D eigenvalue weighted by Gasteiger charge is 2.70. The quantitative estimate of drug-likeness (QED) is 0.804. The first-order valence-corrected chi connectivity index (χ1v) is 10.5. The van der Waals surface area contributed by atoms with Gasteiger partial charge in [-0.2, -0.15) is 0 Å². The normalized spacial score (nSPS) is 42.9. The summed E-state index contributed by atoms with van der Waals surface area (Å²) in [6, 6.07) is 4.47. The van der Waals surface area contributed by atoms with Crippen molar-refractivity contribution in [3.63, 3.8) is 0 Å². The van der Waals surface area contributed by atoms with Gasteiger partial charge in [-0.3, -0.25) is 9.69 Å².